The normalized spacial score (nSPS) is 22.0. The summed E-state index contributed by atoms with van der Waals surface area (Å²) in [4.78, 5) is 36.5. The predicted molar refractivity (Wildman–Crippen MR) is 83.7 cm³/mol. The number of nitrogens with zero attached hydrogens (tertiary/aromatic N) is 2. The van der Waals surface area contributed by atoms with Crippen molar-refractivity contribution in [1.29, 1.82) is 0 Å². The molecule has 2 amide bonds. The molecular weight excluding hydrogens is 326 g/mol. The molecule has 0 aliphatic carbocycles. The van der Waals surface area contributed by atoms with Gasteiger partial charge in [0.05, 0.1) is 0 Å². The minimum Gasteiger partial charge on any atom is -0.464 e. The standard InChI is InChI=1S/C14H22ClN3O5/c1-12(2,3)14(17(10(20)21)11(22)23)16-9(15)8(7-19)18(14)13(4,5)6/h7,16H,1-6H3,(H,20,21)(H,22,23). The molecule has 0 bridgehead atoms. The molecule has 1 aliphatic rings. The molecule has 0 aromatic carbocycles. The number of nitrogens with one attached hydrogen (secondary N) is 1. The third-order valence-electron chi connectivity index (χ3n) is 3.61. The molecule has 9 heteroatoms. The Morgan fingerprint density at radius 1 is 1.17 bits per heavy atom. The van der Waals surface area contributed by atoms with Gasteiger partial charge in [-0.05, 0) is 20.8 Å². The van der Waals surface area contributed by atoms with E-state index in [2.05, 4.69) is 5.32 Å². The lowest BCUT2D eigenvalue weighted by molar-refractivity contribution is -0.130. The number of carboxylic acid groups (broad SMARTS) is 2. The Kier molecular flexibility index (Phi) is 4.64. The zero-order chi connectivity index (χ0) is 18.4. The van der Waals surface area contributed by atoms with E-state index in [0.29, 0.717) is 6.29 Å². The van der Waals surface area contributed by atoms with E-state index < -0.39 is 28.9 Å². The minimum atomic E-state index is -1.78. The van der Waals surface area contributed by atoms with E-state index in [1.807, 2.05) is 0 Å². The lowest BCUT2D eigenvalue weighted by Crippen LogP contribution is -2.76. The van der Waals surface area contributed by atoms with Gasteiger partial charge >= 0.3 is 12.2 Å². The molecule has 1 aliphatic heterocycles. The summed E-state index contributed by atoms with van der Waals surface area (Å²) in [5, 5.41) is 21.6. The average molecular weight is 348 g/mol. The van der Waals surface area contributed by atoms with E-state index in [4.69, 9.17) is 11.6 Å². The summed E-state index contributed by atoms with van der Waals surface area (Å²) < 4.78 is 0. The molecule has 1 heterocycles. The highest BCUT2D eigenvalue weighted by molar-refractivity contribution is 6.31. The number of rotatable bonds is 2. The summed E-state index contributed by atoms with van der Waals surface area (Å²) in [6.45, 7) is 10.2. The van der Waals surface area contributed by atoms with Gasteiger partial charge < -0.3 is 20.4 Å². The molecule has 1 atom stereocenters. The summed E-state index contributed by atoms with van der Waals surface area (Å²) in [7, 11) is 0. The van der Waals surface area contributed by atoms with Crippen LogP contribution in [0.15, 0.2) is 10.9 Å². The van der Waals surface area contributed by atoms with Crippen LogP contribution in [0.3, 0.4) is 0 Å². The first kappa shape index (κ1) is 19.1. The number of halogens is 1. The number of hydrogen-bond acceptors (Lipinski definition) is 5. The van der Waals surface area contributed by atoms with Gasteiger partial charge in [0.15, 0.2) is 6.29 Å². The van der Waals surface area contributed by atoms with Crippen LogP contribution in [0.1, 0.15) is 41.5 Å². The average Bonchev–Trinajstić information content (AvgIpc) is 2.60. The number of allylic oxidation sites excluding steroid dienone is 1. The largest absolute Gasteiger partial charge is 0.464 e. The second-order valence-corrected chi connectivity index (χ2v) is 7.65. The molecule has 8 nitrogen and oxygen atoms in total. The smallest absolute Gasteiger partial charge is 0.420 e. The summed E-state index contributed by atoms with van der Waals surface area (Å²) in [5.41, 5.74) is -1.75. The van der Waals surface area contributed by atoms with Gasteiger partial charge in [-0.25, -0.2) is 9.59 Å². The van der Waals surface area contributed by atoms with Crippen molar-refractivity contribution in [3.8, 4) is 0 Å². The van der Waals surface area contributed by atoms with Gasteiger partial charge in [-0.15, -0.1) is 0 Å². The molecule has 0 radical (unpaired) electrons. The molecule has 0 fully saturated rings. The van der Waals surface area contributed by atoms with Crippen molar-refractivity contribution < 1.29 is 24.6 Å². The molecule has 0 saturated heterocycles. The number of carbonyl (C=O) groups is 3. The van der Waals surface area contributed by atoms with Crippen molar-refractivity contribution in [1.82, 2.24) is 15.1 Å². The Bertz CT molecular complexity index is 562. The number of hydrogen-bond donors (Lipinski definition) is 3. The number of aldehydes is 1. The highest BCUT2D eigenvalue weighted by atomic mass is 35.5. The van der Waals surface area contributed by atoms with Gasteiger partial charge in [0.1, 0.15) is 10.9 Å². The van der Waals surface area contributed by atoms with Crippen LogP contribution >= 0.6 is 11.6 Å². The van der Waals surface area contributed by atoms with Gasteiger partial charge in [-0.1, -0.05) is 32.4 Å². The third-order valence-corrected chi connectivity index (χ3v) is 3.90. The van der Waals surface area contributed by atoms with E-state index in [1.54, 1.807) is 41.5 Å². The lowest BCUT2D eigenvalue weighted by Gasteiger charge is -2.56. The van der Waals surface area contributed by atoms with Crippen molar-refractivity contribution in [2.75, 3.05) is 0 Å². The van der Waals surface area contributed by atoms with E-state index in [-0.39, 0.29) is 15.8 Å². The van der Waals surface area contributed by atoms with Gasteiger partial charge in [0.2, 0.25) is 5.79 Å². The van der Waals surface area contributed by atoms with Crippen molar-refractivity contribution in [3.05, 3.63) is 10.9 Å². The minimum absolute atomic E-state index is 0.00147. The summed E-state index contributed by atoms with van der Waals surface area (Å²) in [5.74, 6) is -1.78. The number of carbonyl (C=O) groups excluding carboxylic acids is 1. The van der Waals surface area contributed by atoms with Gasteiger partial charge in [0.25, 0.3) is 0 Å². The van der Waals surface area contributed by atoms with E-state index >= 15 is 0 Å². The molecule has 0 spiro atoms. The van der Waals surface area contributed by atoms with E-state index in [9.17, 15) is 24.6 Å². The molecule has 1 unspecified atom stereocenters. The van der Waals surface area contributed by atoms with Crippen LogP contribution < -0.4 is 5.32 Å². The first-order valence-corrected chi connectivity index (χ1v) is 7.29. The van der Waals surface area contributed by atoms with Crippen molar-refractivity contribution in [2.45, 2.75) is 52.9 Å². The summed E-state index contributed by atoms with van der Waals surface area (Å²) >= 11 is 6.11. The lowest BCUT2D eigenvalue weighted by atomic mass is 9.82. The van der Waals surface area contributed by atoms with Crippen molar-refractivity contribution in [3.63, 3.8) is 0 Å². The van der Waals surface area contributed by atoms with Gasteiger partial charge in [-0.3, -0.25) is 4.79 Å². The number of imide groups is 1. The monoisotopic (exact) mass is 347 g/mol. The second-order valence-electron chi connectivity index (χ2n) is 7.27. The van der Waals surface area contributed by atoms with Crippen LogP contribution in [0.25, 0.3) is 0 Å². The second kappa shape index (κ2) is 5.59. The van der Waals surface area contributed by atoms with Crippen LogP contribution in [0.2, 0.25) is 0 Å². The first-order valence-electron chi connectivity index (χ1n) is 6.91. The fourth-order valence-electron chi connectivity index (χ4n) is 2.87. The van der Waals surface area contributed by atoms with Crippen LogP contribution in [0.4, 0.5) is 9.59 Å². The first-order chi connectivity index (χ1) is 10.2. The van der Waals surface area contributed by atoms with Crippen LogP contribution in [0, 0.1) is 5.41 Å². The summed E-state index contributed by atoms with van der Waals surface area (Å²) in [6.07, 6.45) is -2.87. The highest BCUT2D eigenvalue weighted by Crippen LogP contribution is 2.47. The van der Waals surface area contributed by atoms with Crippen LogP contribution in [0.5, 0.6) is 0 Å². The fraction of sp³-hybridized carbons (Fsp3) is 0.643. The summed E-state index contributed by atoms with van der Waals surface area (Å²) in [6, 6.07) is 0. The Hall–Kier alpha value is -1.96. The van der Waals surface area contributed by atoms with Gasteiger partial charge in [-0.2, -0.15) is 4.90 Å². The third kappa shape index (κ3) is 2.83. The number of amides is 2. The highest BCUT2D eigenvalue weighted by Gasteiger charge is 2.63. The molecular formula is C14H22ClN3O5. The maximum Gasteiger partial charge on any atom is 0.420 e. The fourth-order valence-corrected chi connectivity index (χ4v) is 3.13. The molecule has 0 aromatic heterocycles. The maximum atomic E-state index is 11.7. The zero-order valence-electron chi connectivity index (χ0n) is 14.0. The predicted octanol–water partition coefficient (Wildman–Crippen LogP) is 2.65. The Morgan fingerprint density at radius 3 is 1.87 bits per heavy atom. The van der Waals surface area contributed by atoms with Crippen LogP contribution in [-0.2, 0) is 4.79 Å². The molecule has 1 rings (SSSR count). The quantitative estimate of drug-likeness (QED) is 0.520. The zero-order valence-corrected chi connectivity index (χ0v) is 14.7. The van der Waals surface area contributed by atoms with Crippen molar-refractivity contribution in [2.24, 2.45) is 5.41 Å². The van der Waals surface area contributed by atoms with Gasteiger partial charge in [0, 0.05) is 11.0 Å². The van der Waals surface area contributed by atoms with E-state index in [0.717, 1.165) is 0 Å². The Morgan fingerprint density at radius 2 is 1.61 bits per heavy atom. The SMILES string of the molecule is CC(C)(C)N1C(C=O)=C(Cl)NC1(N(C(=O)O)C(=O)O)C(C)(C)C. The Balaban J connectivity index is 3.82. The van der Waals surface area contributed by atoms with E-state index in [1.165, 1.54) is 4.90 Å². The van der Waals surface area contributed by atoms with Crippen molar-refractivity contribution >= 4 is 30.1 Å². The molecule has 0 aromatic rings. The van der Waals surface area contributed by atoms with Crippen LogP contribution in [-0.4, -0.2) is 49.8 Å². The molecule has 3 N–H and O–H groups in total. The topological polar surface area (TPSA) is 110 Å². The maximum absolute atomic E-state index is 11.7. The molecule has 0 saturated carbocycles. The molecule has 23 heavy (non-hydrogen) atoms. The molecule has 130 valence electrons. The Labute approximate surface area is 139 Å².